The standard InChI is InChI=1S/C32H48N2O12/c1-11-27(35)41-19-25(45-29(37)21(3)4)23(7)43-31(39)33(9)17-15-13-14-16-18-34(10)32(40)44-24(8)26(20-42-28(36)12-2)46-30(38)22(5)6/h11-12,23-26H,1-3,5,13-20H2,4,6-10H3. The molecule has 0 fully saturated rings. The predicted octanol–water partition coefficient (Wildman–Crippen LogP) is 3.89. The molecular formula is C32H48N2O12. The smallest absolute Gasteiger partial charge is 0.409 e. The number of carbonyl (C=O) groups is 6. The minimum atomic E-state index is -1.05. The molecule has 14 nitrogen and oxygen atoms in total. The maximum absolute atomic E-state index is 12.6. The van der Waals surface area contributed by atoms with Crippen molar-refractivity contribution in [3.8, 4) is 0 Å². The molecule has 0 aromatic carbocycles. The summed E-state index contributed by atoms with van der Waals surface area (Å²) in [5.41, 5.74) is 0.264. The molecule has 0 aromatic rings. The van der Waals surface area contributed by atoms with Gasteiger partial charge < -0.3 is 38.2 Å². The van der Waals surface area contributed by atoms with Crippen LogP contribution in [0.3, 0.4) is 0 Å². The van der Waals surface area contributed by atoms with Crippen LogP contribution in [0.2, 0.25) is 0 Å². The maximum atomic E-state index is 12.6. The molecule has 258 valence electrons. The second-order valence-corrected chi connectivity index (χ2v) is 10.6. The Balaban J connectivity index is 4.68. The lowest BCUT2D eigenvalue weighted by Gasteiger charge is -2.26. The van der Waals surface area contributed by atoms with E-state index < -0.39 is 60.5 Å². The van der Waals surface area contributed by atoms with Crippen molar-refractivity contribution < 1.29 is 57.2 Å². The van der Waals surface area contributed by atoms with Crippen LogP contribution in [0.4, 0.5) is 9.59 Å². The van der Waals surface area contributed by atoms with Crippen molar-refractivity contribution in [1.29, 1.82) is 0 Å². The molecule has 0 saturated carbocycles. The summed E-state index contributed by atoms with van der Waals surface area (Å²) in [6, 6.07) is 0. The van der Waals surface area contributed by atoms with E-state index in [2.05, 4.69) is 26.3 Å². The highest BCUT2D eigenvalue weighted by Crippen LogP contribution is 2.13. The fourth-order valence-corrected chi connectivity index (χ4v) is 3.34. The zero-order valence-electron chi connectivity index (χ0n) is 27.7. The van der Waals surface area contributed by atoms with Crippen LogP contribution in [-0.2, 0) is 47.6 Å². The van der Waals surface area contributed by atoms with E-state index in [-0.39, 0.29) is 24.4 Å². The first-order chi connectivity index (χ1) is 21.5. The minimum absolute atomic E-state index is 0.132. The summed E-state index contributed by atoms with van der Waals surface area (Å²) in [6.07, 6.45) is -0.548. The molecule has 0 heterocycles. The molecule has 0 rings (SSSR count). The molecule has 4 atom stereocenters. The Morgan fingerprint density at radius 1 is 0.609 bits per heavy atom. The largest absolute Gasteiger partial charge is 0.458 e. The number of unbranched alkanes of at least 4 members (excludes halogenated alkanes) is 3. The SMILES string of the molecule is C=CC(=O)OCC(OC(=O)C(=C)C)C(C)OC(=O)N(C)CCCCCCN(C)C(=O)OC(C)C(COC(=O)C=C)OC(=O)C(=C)C. The summed E-state index contributed by atoms with van der Waals surface area (Å²) in [7, 11) is 3.12. The van der Waals surface area contributed by atoms with Crippen LogP contribution in [-0.4, -0.2) is 111 Å². The van der Waals surface area contributed by atoms with E-state index in [4.69, 9.17) is 28.4 Å². The van der Waals surface area contributed by atoms with Crippen molar-refractivity contribution in [2.75, 3.05) is 40.4 Å². The molecule has 0 aliphatic carbocycles. The van der Waals surface area contributed by atoms with Crippen LogP contribution in [0.5, 0.6) is 0 Å². The lowest BCUT2D eigenvalue weighted by Crippen LogP contribution is -2.40. The van der Waals surface area contributed by atoms with Crippen molar-refractivity contribution in [3.63, 3.8) is 0 Å². The topological polar surface area (TPSA) is 164 Å². The summed E-state index contributed by atoms with van der Waals surface area (Å²) in [5.74, 6) is -2.87. The fourth-order valence-electron chi connectivity index (χ4n) is 3.34. The maximum Gasteiger partial charge on any atom is 0.409 e. The zero-order chi connectivity index (χ0) is 35.4. The molecular weight excluding hydrogens is 604 g/mol. The molecule has 0 aliphatic heterocycles. The van der Waals surface area contributed by atoms with Crippen molar-refractivity contribution in [3.05, 3.63) is 49.6 Å². The van der Waals surface area contributed by atoms with Crippen LogP contribution in [0.25, 0.3) is 0 Å². The average molecular weight is 653 g/mol. The van der Waals surface area contributed by atoms with Gasteiger partial charge in [-0.2, -0.15) is 0 Å². The second-order valence-electron chi connectivity index (χ2n) is 10.6. The number of carbonyl (C=O) groups excluding carboxylic acids is 6. The van der Waals surface area contributed by atoms with Crippen LogP contribution in [0, 0.1) is 0 Å². The quantitative estimate of drug-likeness (QED) is 0.0761. The molecule has 14 heteroatoms. The highest BCUT2D eigenvalue weighted by molar-refractivity contribution is 5.87. The van der Waals surface area contributed by atoms with Gasteiger partial charge in [-0.05, 0) is 40.5 Å². The Labute approximate surface area is 270 Å². The number of hydrogen-bond acceptors (Lipinski definition) is 12. The number of hydrogen-bond donors (Lipinski definition) is 0. The molecule has 0 spiro atoms. The zero-order valence-corrected chi connectivity index (χ0v) is 27.7. The van der Waals surface area contributed by atoms with Gasteiger partial charge in [0.25, 0.3) is 0 Å². The van der Waals surface area contributed by atoms with Crippen molar-refractivity contribution in [2.45, 2.75) is 77.8 Å². The highest BCUT2D eigenvalue weighted by Gasteiger charge is 2.29. The lowest BCUT2D eigenvalue weighted by molar-refractivity contribution is -0.160. The first kappa shape index (κ1) is 41.4. The molecule has 0 radical (unpaired) electrons. The molecule has 2 amide bonds. The first-order valence-electron chi connectivity index (χ1n) is 14.7. The fraction of sp³-hybridized carbons (Fsp3) is 0.562. The Morgan fingerprint density at radius 2 is 0.935 bits per heavy atom. The van der Waals surface area contributed by atoms with E-state index in [1.54, 1.807) is 14.1 Å². The molecule has 0 N–H and O–H groups in total. The van der Waals surface area contributed by atoms with E-state index >= 15 is 0 Å². The Kier molecular flexibility index (Phi) is 19.8. The van der Waals surface area contributed by atoms with Crippen molar-refractivity contribution in [1.82, 2.24) is 9.80 Å². The number of amides is 2. The van der Waals surface area contributed by atoms with Crippen molar-refractivity contribution >= 4 is 36.1 Å². The third kappa shape index (κ3) is 17.0. The van der Waals surface area contributed by atoms with Gasteiger partial charge in [0.1, 0.15) is 25.4 Å². The van der Waals surface area contributed by atoms with Crippen LogP contribution in [0.1, 0.15) is 53.4 Å². The number of nitrogens with zero attached hydrogens (tertiary/aromatic N) is 2. The Hall–Kier alpha value is -4.62. The van der Waals surface area contributed by atoms with Gasteiger partial charge in [-0.25, -0.2) is 28.8 Å². The molecule has 0 saturated heterocycles. The molecule has 0 bridgehead atoms. The van der Waals surface area contributed by atoms with Gasteiger partial charge in [0, 0.05) is 50.5 Å². The first-order valence-corrected chi connectivity index (χ1v) is 14.7. The minimum Gasteiger partial charge on any atom is -0.458 e. The Bertz CT molecular complexity index is 1030. The molecule has 4 unspecified atom stereocenters. The van der Waals surface area contributed by atoms with Crippen molar-refractivity contribution in [2.24, 2.45) is 0 Å². The summed E-state index contributed by atoms with van der Waals surface area (Å²) < 4.78 is 31.3. The van der Waals surface area contributed by atoms with E-state index in [1.165, 1.54) is 37.5 Å². The third-order valence-electron chi connectivity index (χ3n) is 6.31. The second kappa shape index (κ2) is 22.0. The lowest BCUT2D eigenvalue weighted by atomic mass is 10.2. The monoisotopic (exact) mass is 652 g/mol. The number of ether oxygens (including phenoxy) is 6. The Morgan fingerprint density at radius 3 is 1.22 bits per heavy atom. The van der Waals surface area contributed by atoms with Gasteiger partial charge >= 0.3 is 36.1 Å². The van der Waals surface area contributed by atoms with Crippen LogP contribution >= 0.6 is 0 Å². The summed E-state index contributed by atoms with van der Waals surface area (Å²) in [4.78, 5) is 74.8. The van der Waals surface area contributed by atoms with Gasteiger partial charge in [-0.1, -0.05) is 39.2 Å². The summed E-state index contributed by atoms with van der Waals surface area (Å²) in [6.45, 7) is 19.7. The van der Waals surface area contributed by atoms with E-state index in [0.717, 1.165) is 25.0 Å². The van der Waals surface area contributed by atoms with E-state index in [1.807, 2.05) is 0 Å². The molecule has 0 aromatic heterocycles. The predicted molar refractivity (Wildman–Crippen MR) is 167 cm³/mol. The van der Waals surface area contributed by atoms with Gasteiger partial charge in [0.2, 0.25) is 0 Å². The molecule has 46 heavy (non-hydrogen) atoms. The summed E-state index contributed by atoms with van der Waals surface area (Å²) >= 11 is 0. The van der Waals surface area contributed by atoms with Gasteiger partial charge in [-0.3, -0.25) is 0 Å². The average Bonchev–Trinajstić information content (AvgIpc) is 3.01. The van der Waals surface area contributed by atoms with Crippen LogP contribution < -0.4 is 0 Å². The van der Waals surface area contributed by atoms with E-state index in [0.29, 0.717) is 25.9 Å². The van der Waals surface area contributed by atoms with Gasteiger partial charge in [0.15, 0.2) is 12.2 Å². The molecule has 0 aliphatic rings. The normalized spacial score (nSPS) is 12.9. The number of rotatable bonds is 21. The number of esters is 4. The van der Waals surface area contributed by atoms with Gasteiger partial charge in [0.05, 0.1) is 0 Å². The van der Waals surface area contributed by atoms with Crippen LogP contribution in [0.15, 0.2) is 49.6 Å². The van der Waals surface area contributed by atoms with Gasteiger partial charge in [-0.15, -0.1) is 0 Å². The van der Waals surface area contributed by atoms with E-state index in [9.17, 15) is 28.8 Å². The third-order valence-corrected chi connectivity index (χ3v) is 6.31. The summed E-state index contributed by atoms with van der Waals surface area (Å²) in [5, 5.41) is 0. The highest BCUT2D eigenvalue weighted by atomic mass is 16.6.